The zero-order chi connectivity index (χ0) is 28.9. The average molecular weight is 569 g/mol. The van der Waals surface area contributed by atoms with Gasteiger partial charge in [-0.15, -0.1) is 5.10 Å². The number of hydrogen-bond acceptors (Lipinski definition) is 9. The Balaban J connectivity index is 1.20. The van der Waals surface area contributed by atoms with Gasteiger partial charge < -0.3 is 14.1 Å². The van der Waals surface area contributed by atoms with Gasteiger partial charge in [-0.1, -0.05) is 26.8 Å². The fourth-order valence-corrected chi connectivity index (χ4v) is 6.38. The molecule has 212 valence electrons. The smallest absolute Gasteiger partial charge is 0.252 e. The number of anilines is 1. The van der Waals surface area contributed by atoms with Gasteiger partial charge in [0.25, 0.3) is 8.32 Å². The molecule has 0 aliphatic carbocycles. The maximum atomic E-state index is 10.1. The van der Waals surface area contributed by atoms with Crippen LogP contribution in [0.3, 0.4) is 0 Å². The van der Waals surface area contributed by atoms with Crippen molar-refractivity contribution in [3.05, 3.63) is 60.2 Å². The van der Waals surface area contributed by atoms with E-state index in [0.29, 0.717) is 40.6 Å². The molecule has 7 rings (SSSR count). The normalized spacial score (nSPS) is 19.1. The number of ether oxygens (including phenoxy) is 1. The van der Waals surface area contributed by atoms with Crippen molar-refractivity contribution in [2.45, 2.75) is 64.0 Å². The summed E-state index contributed by atoms with van der Waals surface area (Å²) in [6.45, 7) is 13.6. The van der Waals surface area contributed by atoms with Crippen LogP contribution in [0.2, 0.25) is 18.1 Å². The molecule has 3 aliphatic rings. The van der Waals surface area contributed by atoms with Gasteiger partial charge in [0.2, 0.25) is 11.8 Å². The molecule has 2 bridgehead atoms. The third-order valence-corrected chi connectivity index (χ3v) is 13.2. The Morgan fingerprint density at radius 3 is 2.44 bits per heavy atom. The number of aromatic nitrogens is 5. The van der Waals surface area contributed by atoms with E-state index < -0.39 is 8.32 Å². The highest BCUT2D eigenvalue weighted by atomic mass is 28.4. The fraction of sp³-hybridized carbons (Fsp3) is 0.433. The van der Waals surface area contributed by atoms with E-state index in [2.05, 4.69) is 65.9 Å². The third-order valence-electron chi connectivity index (χ3n) is 8.85. The summed E-state index contributed by atoms with van der Waals surface area (Å²) in [6, 6.07) is 11.2. The highest BCUT2D eigenvalue weighted by Gasteiger charge is 2.45. The molecule has 0 amide bonds. The molecule has 0 aromatic carbocycles. The second-order valence-corrected chi connectivity index (χ2v) is 17.2. The molecule has 0 radical (unpaired) electrons. The maximum absolute atomic E-state index is 10.1. The van der Waals surface area contributed by atoms with Crippen molar-refractivity contribution in [1.29, 1.82) is 5.26 Å². The van der Waals surface area contributed by atoms with Crippen LogP contribution in [0.1, 0.15) is 38.3 Å². The summed E-state index contributed by atoms with van der Waals surface area (Å²) in [4.78, 5) is 18.8. The summed E-state index contributed by atoms with van der Waals surface area (Å²) in [5, 5.41) is 14.8. The first-order chi connectivity index (χ1) is 19.6. The zero-order valence-corrected chi connectivity index (χ0v) is 25.5. The number of piperidine rings is 1. The Kier molecular flexibility index (Phi) is 6.70. The quantitative estimate of drug-likeness (QED) is 0.288. The Labute approximate surface area is 241 Å². The topological polar surface area (TPSA) is 105 Å². The average Bonchev–Trinajstić information content (AvgIpc) is 3.32. The van der Waals surface area contributed by atoms with E-state index >= 15 is 0 Å². The van der Waals surface area contributed by atoms with E-state index in [1.165, 1.54) is 12.0 Å². The molecule has 10 nitrogen and oxygen atoms in total. The second kappa shape index (κ2) is 10.1. The van der Waals surface area contributed by atoms with Gasteiger partial charge in [0.05, 0.1) is 30.7 Å². The number of pyridine rings is 2. The number of methoxy groups -OCH3 is 1. The van der Waals surface area contributed by atoms with Crippen molar-refractivity contribution in [2.24, 2.45) is 0 Å². The molecule has 4 aromatic rings. The monoisotopic (exact) mass is 568 g/mol. The molecule has 3 saturated heterocycles. The molecule has 0 spiro atoms. The van der Waals surface area contributed by atoms with Crippen LogP contribution < -0.4 is 14.1 Å². The van der Waals surface area contributed by atoms with E-state index in [1.54, 1.807) is 17.8 Å². The predicted molar refractivity (Wildman–Crippen MR) is 159 cm³/mol. The van der Waals surface area contributed by atoms with Gasteiger partial charge in [0.15, 0.2) is 0 Å². The molecule has 11 heteroatoms. The van der Waals surface area contributed by atoms with Crippen molar-refractivity contribution in [2.75, 3.05) is 25.1 Å². The molecular weight excluding hydrogens is 532 g/mol. The molecule has 7 heterocycles. The summed E-state index contributed by atoms with van der Waals surface area (Å²) >= 11 is 0. The Morgan fingerprint density at radius 2 is 1.83 bits per heavy atom. The highest BCUT2D eigenvalue weighted by Crippen LogP contribution is 2.40. The van der Waals surface area contributed by atoms with Crippen LogP contribution in [0.4, 0.5) is 5.82 Å². The number of rotatable bonds is 7. The first-order valence-electron chi connectivity index (χ1n) is 14.0. The van der Waals surface area contributed by atoms with Crippen LogP contribution in [0.15, 0.2) is 49.1 Å². The summed E-state index contributed by atoms with van der Waals surface area (Å²) in [7, 11) is -0.551. The fourth-order valence-electron chi connectivity index (χ4n) is 5.45. The van der Waals surface area contributed by atoms with Crippen molar-refractivity contribution in [1.82, 2.24) is 29.5 Å². The predicted octanol–water partition coefficient (Wildman–Crippen LogP) is 4.91. The first kappa shape index (κ1) is 27.2. The van der Waals surface area contributed by atoms with Crippen molar-refractivity contribution < 1.29 is 9.16 Å². The minimum Gasteiger partial charge on any atom is -0.529 e. The molecule has 0 N–H and O–H groups in total. The number of nitrogens with zero attached hydrogens (tertiary/aromatic N) is 8. The van der Waals surface area contributed by atoms with Crippen molar-refractivity contribution in [3.63, 3.8) is 0 Å². The molecule has 2 atom stereocenters. The van der Waals surface area contributed by atoms with E-state index in [1.807, 2.05) is 36.8 Å². The van der Waals surface area contributed by atoms with Crippen LogP contribution in [-0.2, 0) is 6.54 Å². The third kappa shape index (κ3) is 4.91. The number of fused-ring (bicyclic) bond motifs is 3. The number of hydrogen-bond donors (Lipinski definition) is 0. The van der Waals surface area contributed by atoms with Gasteiger partial charge in [-0.2, -0.15) is 5.26 Å². The molecular formula is C30H36N8O2Si. The Bertz CT molecular complexity index is 1590. The highest BCUT2D eigenvalue weighted by molar-refractivity contribution is 6.74. The first-order valence-corrected chi connectivity index (χ1v) is 16.9. The summed E-state index contributed by atoms with van der Waals surface area (Å²) in [6.07, 6.45) is 8.58. The van der Waals surface area contributed by atoms with Gasteiger partial charge in [0.1, 0.15) is 17.5 Å². The Morgan fingerprint density at radius 1 is 1.05 bits per heavy atom. The SMILES string of the molecule is COc1ccc(CN2C3CC2CN(c2cnc(-c4cccn5nc(O[Si](C)(C)C(C)(C)C)c(C#N)c45)cn2)C3)cn1. The molecule has 3 fully saturated rings. The summed E-state index contributed by atoms with van der Waals surface area (Å²) < 4.78 is 13.4. The van der Waals surface area contributed by atoms with Gasteiger partial charge >= 0.3 is 0 Å². The second-order valence-electron chi connectivity index (χ2n) is 12.5. The van der Waals surface area contributed by atoms with Gasteiger partial charge in [-0.25, -0.2) is 14.5 Å². The lowest BCUT2D eigenvalue weighted by Crippen LogP contribution is -2.68. The lowest BCUT2D eigenvalue weighted by atomic mass is 9.87. The standard InChI is InChI=1S/C30H36N8O2Si/c1-30(2,3)41(5,6)40-29-24(13-31)28-23(8-7-11-38(28)35-29)25-15-33-26(16-32-25)36-18-21-12-22(19-36)37(21)17-20-9-10-27(39-4)34-14-20/h7-11,14-16,21-22H,12,17-19H2,1-6H3. The van der Waals surface area contributed by atoms with Crippen LogP contribution in [-0.4, -0.2) is 70.1 Å². The molecule has 41 heavy (non-hydrogen) atoms. The van der Waals surface area contributed by atoms with Crippen LogP contribution >= 0.6 is 0 Å². The minimum atomic E-state index is -2.19. The van der Waals surface area contributed by atoms with Crippen LogP contribution in [0.25, 0.3) is 16.8 Å². The minimum absolute atomic E-state index is 0.0152. The summed E-state index contributed by atoms with van der Waals surface area (Å²) in [5.41, 5.74) is 3.82. The zero-order valence-electron chi connectivity index (χ0n) is 24.5. The molecule has 3 aliphatic heterocycles. The van der Waals surface area contributed by atoms with Crippen molar-refractivity contribution >= 4 is 19.7 Å². The van der Waals surface area contributed by atoms with E-state index in [4.69, 9.17) is 19.1 Å². The molecule has 2 unspecified atom stereocenters. The van der Waals surface area contributed by atoms with E-state index in [-0.39, 0.29) is 5.04 Å². The van der Waals surface area contributed by atoms with Gasteiger partial charge in [-0.05, 0) is 42.2 Å². The Hall–Kier alpha value is -4.01. The number of nitriles is 1. The van der Waals surface area contributed by atoms with Crippen LogP contribution in [0, 0.1) is 11.3 Å². The van der Waals surface area contributed by atoms with E-state index in [9.17, 15) is 5.26 Å². The molecule has 4 aromatic heterocycles. The lowest BCUT2D eigenvalue weighted by Gasteiger charge is -2.56. The van der Waals surface area contributed by atoms with Crippen molar-refractivity contribution in [3.8, 4) is 29.1 Å². The lowest BCUT2D eigenvalue weighted by molar-refractivity contribution is -0.00879. The molecule has 0 saturated carbocycles. The summed E-state index contributed by atoms with van der Waals surface area (Å²) in [5.74, 6) is 1.90. The van der Waals surface area contributed by atoms with Gasteiger partial charge in [-0.3, -0.25) is 9.88 Å². The number of piperazine rings is 1. The van der Waals surface area contributed by atoms with Crippen LogP contribution in [0.5, 0.6) is 11.8 Å². The largest absolute Gasteiger partial charge is 0.529 e. The van der Waals surface area contributed by atoms with Gasteiger partial charge in [0, 0.05) is 55.7 Å². The van der Waals surface area contributed by atoms with E-state index in [0.717, 1.165) is 31.0 Å². The maximum Gasteiger partial charge on any atom is 0.252 e.